The Morgan fingerprint density at radius 3 is 2.62 bits per heavy atom. The SMILES string of the molecule is COc1ccc(N2C[C@H](CNS(=O)(=O)c3cccc(Cl)c3)CC2=O)cc1. The molecule has 3 rings (SSSR count). The molecule has 2 aromatic rings. The zero-order valence-electron chi connectivity index (χ0n) is 14.2. The summed E-state index contributed by atoms with van der Waals surface area (Å²) < 4.78 is 32.4. The molecule has 2 aromatic carbocycles. The normalized spacial score (nSPS) is 17.5. The Kier molecular flexibility index (Phi) is 5.50. The molecule has 6 nitrogen and oxygen atoms in total. The molecule has 26 heavy (non-hydrogen) atoms. The molecular formula is C18H19ClN2O4S. The molecule has 0 aliphatic carbocycles. The van der Waals surface area contributed by atoms with Gasteiger partial charge in [0.05, 0.1) is 12.0 Å². The summed E-state index contributed by atoms with van der Waals surface area (Å²) in [7, 11) is -2.08. The lowest BCUT2D eigenvalue weighted by atomic mass is 10.1. The summed E-state index contributed by atoms with van der Waals surface area (Å²) in [6, 6.07) is 13.3. The van der Waals surface area contributed by atoms with Crippen LogP contribution in [0.1, 0.15) is 6.42 Å². The highest BCUT2D eigenvalue weighted by atomic mass is 35.5. The lowest BCUT2D eigenvalue weighted by Gasteiger charge is -2.17. The van der Waals surface area contributed by atoms with E-state index in [-0.39, 0.29) is 23.3 Å². The number of carbonyl (C=O) groups is 1. The van der Waals surface area contributed by atoms with Crippen molar-refractivity contribution in [2.75, 3.05) is 25.1 Å². The van der Waals surface area contributed by atoms with Crippen LogP contribution in [0.25, 0.3) is 0 Å². The van der Waals surface area contributed by atoms with Gasteiger partial charge in [0, 0.05) is 30.2 Å². The van der Waals surface area contributed by atoms with E-state index in [1.807, 2.05) is 12.1 Å². The number of methoxy groups -OCH3 is 1. The van der Waals surface area contributed by atoms with Gasteiger partial charge in [-0.2, -0.15) is 0 Å². The predicted molar refractivity (Wildman–Crippen MR) is 100 cm³/mol. The number of nitrogens with one attached hydrogen (secondary N) is 1. The molecule has 0 aromatic heterocycles. The first-order valence-corrected chi connectivity index (χ1v) is 9.95. The van der Waals surface area contributed by atoms with Gasteiger partial charge in [0.15, 0.2) is 0 Å². The van der Waals surface area contributed by atoms with E-state index in [0.29, 0.717) is 23.7 Å². The van der Waals surface area contributed by atoms with Crippen molar-refractivity contribution in [3.8, 4) is 5.75 Å². The van der Waals surface area contributed by atoms with Crippen LogP contribution in [0.15, 0.2) is 53.4 Å². The predicted octanol–water partition coefficient (Wildman–Crippen LogP) is 2.68. The summed E-state index contributed by atoms with van der Waals surface area (Å²) >= 11 is 5.85. The Morgan fingerprint density at radius 2 is 1.96 bits per heavy atom. The summed E-state index contributed by atoms with van der Waals surface area (Å²) in [6.07, 6.45) is 0.296. The average molecular weight is 395 g/mol. The minimum Gasteiger partial charge on any atom is -0.497 e. The molecule has 1 heterocycles. The van der Waals surface area contributed by atoms with Crippen molar-refractivity contribution in [1.29, 1.82) is 0 Å². The standard InChI is InChI=1S/C18H19ClN2O4S/c1-25-16-7-5-15(6-8-16)21-12-13(9-18(21)22)11-20-26(23,24)17-4-2-3-14(19)10-17/h2-8,10,13,20H,9,11-12H2,1H3/t13-/m0/s1. The number of rotatable bonds is 6. The third-order valence-electron chi connectivity index (χ3n) is 4.26. The van der Waals surface area contributed by atoms with Gasteiger partial charge in [0.2, 0.25) is 15.9 Å². The molecule has 1 saturated heterocycles. The van der Waals surface area contributed by atoms with E-state index in [4.69, 9.17) is 16.3 Å². The number of hydrogen-bond donors (Lipinski definition) is 1. The minimum atomic E-state index is -3.66. The van der Waals surface area contributed by atoms with Crippen molar-refractivity contribution in [2.45, 2.75) is 11.3 Å². The largest absolute Gasteiger partial charge is 0.497 e. The van der Waals surface area contributed by atoms with E-state index in [0.717, 1.165) is 5.69 Å². The van der Waals surface area contributed by atoms with Crippen molar-refractivity contribution >= 4 is 33.2 Å². The molecule has 1 aliphatic heterocycles. The molecule has 0 saturated carbocycles. The number of halogens is 1. The lowest BCUT2D eigenvalue weighted by Crippen LogP contribution is -2.31. The van der Waals surface area contributed by atoms with E-state index in [9.17, 15) is 13.2 Å². The van der Waals surface area contributed by atoms with Crippen LogP contribution in [-0.2, 0) is 14.8 Å². The number of anilines is 1. The van der Waals surface area contributed by atoms with Gasteiger partial charge < -0.3 is 9.64 Å². The number of amides is 1. The monoisotopic (exact) mass is 394 g/mol. The van der Waals surface area contributed by atoms with Gasteiger partial charge in [0.1, 0.15) is 5.75 Å². The Morgan fingerprint density at radius 1 is 1.23 bits per heavy atom. The van der Waals surface area contributed by atoms with Gasteiger partial charge in [0.25, 0.3) is 0 Å². The number of carbonyl (C=O) groups excluding carboxylic acids is 1. The van der Waals surface area contributed by atoms with Crippen LogP contribution in [0.3, 0.4) is 0 Å². The van der Waals surface area contributed by atoms with Crippen LogP contribution in [-0.4, -0.2) is 34.5 Å². The van der Waals surface area contributed by atoms with Gasteiger partial charge in [-0.25, -0.2) is 13.1 Å². The summed E-state index contributed by atoms with van der Waals surface area (Å²) in [5, 5.41) is 0.356. The quantitative estimate of drug-likeness (QED) is 0.817. The average Bonchev–Trinajstić information content (AvgIpc) is 3.01. The Hall–Kier alpha value is -2.09. The summed E-state index contributed by atoms with van der Waals surface area (Å²) in [4.78, 5) is 14.1. The van der Waals surface area contributed by atoms with Crippen molar-refractivity contribution in [1.82, 2.24) is 4.72 Å². The third-order valence-corrected chi connectivity index (χ3v) is 5.91. The van der Waals surface area contributed by atoms with Gasteiger partial charge in [-0.15, -0.1) is 0 Å². The van der Waals surface area contributed by atoms with Crippen LogP contribution in [0.4, 0.5) is 5.69 Å². The second kappa shape index (κ2) is 7.65. The zero-order chi connectivity index (χ0) is 18.7. The molecule has 138 valence electrons. The van der Waals surface area contributed by atoms with Crippen LogP contribution < -0.4 is 14.4 Å². The topological polar surface area (TPSA) is 75.7 Å². The number of benzene rings is 2. The van der Waals surface area contributed by atoms with Crippen molar-refractivity contribution < 1.29 is 17.9 Å². The fourth-order valence-electron chi connectivity index (χ4n) is 2.88. The molecule has 1 N–H and O–H groups in total. The van der Waals surface area contributed by atoms with Crippen molar-refractivity contribution in [3.63, 3.8) is 0 Å². The van der Waals surface area contributed by atoms with Crippen LogP contribution >= 0.6 is 11.6 Å². The second-order valence-corrected chi connectivity index (χ2v) is 8.29. The molecule has 1 fully saturated rings. The highest BCUT2D eigenvalue weighted by Crippen LogP contribution is 2.27. The first kappa shape index (κ1) is 18.7. The smallest absolute Gasteiger partial charge is 0.240 e. The fraction of sp³-hybridized carbons (Fsp3) is 0.278. The molecule has 8 heteroatoms. The third kappa shape index (κ3) is 4.17. The Labute approximate surface area is 157 Å². The van der Waals surface area contributed by atoms with Crippen LogP contribution in [0.2, 0.25) is 5.02 Å². The molecule has 1 atom stereocenters. The molecular weight excluding hydrogens is 376 g/mol. The maximum atomic E-state index is 12.4. The first-order valence-electron chi connectivity index (χ1n) is 8.09. The maximum Gasteiger partial charge on any atom is 0.240 e. The summed E-state index contributed by atoms with van der Waals surface area (Å²) in [5.74, 6) is 0.590. The summed E-state index contributed by atoms with van der Waals surface area (Å²) in [5.41, 5.74) is 0.774. The number of hydrogen-bond acceptors (Lipinski definition) is 4. The molecule has 0 bridgehead atoms. The van der Waals surface area contributed by atoms with E-state index in [2.05, 4.69) is 4.72 Å². The minimum absolute atomic E-state index is 0.0258. The van der Waals surface area contributed by atoms with Gasteiger partial charge in [-0.1, -0.05) is 17.7 Å². The number of ether oxygens (including phenoxy) is 1. The molecule has 1 aliphatic rings. The van der Waals surface area contributed by atoms with Crippen LogP contribution in [0.5, 0.6) is 5.75 Å². The van der Waals surface area contributed by atoms with Gasteiger partial charge in [-0.05, 0) is 48.4 Å². The van der Waals surface area contributed by atoms with Crippen LogP contribution in [0, 0.1) is 5.92 Å². The van der Waals surface area contributed by atoms with Crippen molar-refractivity contribution in [2.24, 2.45) is 5.92 Å². The Balaban J connectivity index is 1.64. The second-order valence-electron chi connectivity index (χ2n) is 6.08. The molecule has 0 unspecified atom stereocenters. The number of nitrogens with zero attached hydrogens (tertiary/aromatic N) is 1. The van der Waals surface area contributed by atoms with Crippen molar-refractivity contribution in [3.05, 3.63) is 53.6 Å². The van der Waals surface area contributed by atoms with E-state index >= 15 is 0 Å². The highest BCUT2D eigenvalue weighted by molar-refractivity contribution is 7.89. The maximum absolute atomic E-state index is 12.4. The highest BCUT2D eigenvalue weighted by Gasteiger charge is 2.31. The zero-order valence-corrected chi connectivity index (χ0v) is 15.8. The molecule has 0 spiro atoms. The van der Waals surface area contributed by atoms with Gasteiger partial charge in [-0.3, -0.25) is 4.79 Å². The van der Waals surface area contributed by atoms with E-state index in [1.54, 1.807) is 36.3 Å². The van der Waals surface area contributed by atoms with Gasteiger partial charge >= 0.3 is 0 Å². The first-order chi connectivity index (χ1) is 12.4. The molecule has 0 radical (unpaired) electrons. The van der Waals surface area contributed by atoms with E-state index < -0.39 is 10.0 Å². The summed E-state index contributed by atoms with van der Waals surface area (Å²) in [6.45, 7) is 0.649. The fourth-order valence-corrected chi connectivity index (χ4v) is 4.29. The lowest BCUT2D eigenvalue weighted by molar-refractivity contribution is -0.117. The van der Waals surface area contributed by atoms with E-state index in [1.165, 1.54) is 12.1 Å². The molecule has 1 amide bonds. The number of sulfonamides is 1. The Bertz CT molecular complexity index is 900.